The molecule has 2 nitrogen and oxygen atoms in total. The molecule has 2 N–H and O–H groups in total. The van der Waals surface area contributed by atoms with E-state index < -0.39 is 0 Å². The maximum Gasteiger partial charge on any atom is 0.407 e. The van der Waals surface area contributed by atoms with Crippen LogP contribution in [0.3, 0.4) is 0 Å². The first-order valence-electron chi connectivity index (χ1n) is 11.2. The molecule has 0 radical (unpaired) electrons. The summed E-state index contributed by atoms with van der Waals surface area (Å²) in [6.45, 7) is 4.65. The van der Waals surface area contributed by atoms with E-state index in [-0.39, 0.29) is 6.98 Å². The summed E-state index contributed by atoms with van der Waals surface area (Å²) >= 11 is 0. The maximum absolute atomic E-state index is 3.76. The van der Waals surface area contributed by atoms with Crippen LogP contribution in [-0.4, -0.2) is 6.98 Å². The minimum absolute atomic E-state index is 0.129. The fourth-order valence-corrected chi connectivity index (χ4v) is 4.79. The molecule has 0 fully saturated rings. The molecule has 0 unspecified atom stereocenters. The lowest BCUT2D eigenvalue weighted by Crippen LogP contribution is -2.52. The summed E-state index contributed by atoms with van der Waals surface area (Å²) < 4.78 is 0. The Morgan fingerprint density at radius 2 is 1.17 bits per heavy atom. The molecule has 5 rings (SSSR count). The SMILES string of the molecule is CCCCc1ccc2c(c1)-c1cccc3c1B(N2)Nc1ccc(CCCC)cc1-3. The molecular formula is C26H29BN2. The Morgan fingerprint density at radius 3 is 1.66 bits per heavy atom. The van der Waals surface area contributed by atoms with E-state index in [1.54, 1.807) is 0 Å². The van der Waals surface area contributed by atoms with Gasteiger partial charge in [0.15, 0.2) is 0 Å². The zero-order valence-electron chi connectivity index (χ0n) is 17.5. The molecule has 2 aliphatic heterocycles. The van der Waals surface area contributed by atoms with Crippen LogP contribution >= 0.6 is 0 Å². The first kappa shape index (κ1) is 18.4. The molecule has 0 bridgehead atoms. The zero-order chi connectivity index (χ0) is 19.8. The van der Waals surface area contributed by atoms with E-state index in [0.29, 0.717) is 0 Å². The molecular weight excluding hydrogens is 351 g/mol. The van der Waals surface area contributed by atoms with Crippen LogP contribution in [0.25, 0.3) is 22.3 Å². The number of nitrogens with one attached hydrogen (secondary N) is 2. The van der Waals surface area contributed by atoms with Gasteiger partial charge >= 0.3 is 6.98 Å². The van der Waals surface area contributed by atoms with Crippen molar-refractivity contribution in [3.8, 4) is 22.3 Å². The fraction of sp³-hybridized carbons (Fsp3) is 0.308. The average molecular weight is 380 g/mol. The highest BCUT2D eigenvalue weighted by atomic mass is 15.0. The van der Waals surface area contributed by atoms with Gasteiger partial charge in [0.1, 0.15) is 0 Å². The number of hydrogen-bond acceptors (Lipinski definition) is 2. The maximum atomic E-state index is 3.76. The molecule has 0 spiro atoms. The second kappa shape index (κ2) is 7.63. The van der Waals surface area contributed by atoms with E-state index >= 15 is 0 Å². The topological polar surface area (TPSA) is 24.1 Å². The number of rotatable bonds is 6. The van der Waals surface area contributed by atoms with E-state index in [2.05, 4.69) is 78.9 Å². The summed E-state index contributed by atoms with van der Waals surface area (Å²) in [6, 6.07) is 20.7. The number of aryl methyl sites for hydroxylation is 2. The minimum atomic E-state index is 0.129. The molecule has 0 amide bonds. The summed E-state index contributed by atoms with van der Waals surface area (Å²) in [5.74, 6) is 0. The van der Waals surface area contributed by atoms with Crippen molar-refractivity contribution in [3.05, 3.63) is 65.7 Å². The lowest BCUT2D eigenvalue weighted by molar-refractivity contribution is 0.795. The highest BCUT2D eigenvalue weighted by Crippen LogP contribution is 2.40. The second-order valence-electron chi connectivity index (χ2n) is 8.46. The van der Waals surface area contributed by atoms with Crippen LogP contribution in [0.2, 0.25) is 0 Å². The van der Waals surface area contributed by atoms with Gasteiger partial charge in [-0.2, -0.15) is 0 Å². The lowest BCUT2D eigenvalue weighted by Gasteiger charge is -2.34. The van der Waals surface area contributed by atoms with Gasteiger partial charge in [-0.3, -0.25) is 0 Å². The van der Waals surface area contributed by atoms with Crippen LogP contribution in [0.15, 0.2) is 54.6 Å². The molecule has 2 heterocycles. The van der Waals surface area contributed by atoms with Gasteiger partial charge in [-0.25, -0.2) is 0 Å². The van der Waals surface area contributed by atoms with Crippen molar-refractivity contribution in [2.45, 2.75) is 52.4 Å². The molecule has 0 saturated carbocycles. The van der Waals surface area contributed by atoms with Crippen LogP contribution in [0.5, 0.6) is 0 Å². The Bertz CT molecular complexity index is 977. The normalized spacial score (nSPS) is 13.1. The van der Waals surface area contributed by atoms with Crippen LogP contribution in [0, 0.1) is 0 Å². The van der Waals surface area contributed by atoms with Gasteiger partial charge in [-0.15, -0.1) is 0 Å². The van der Waals surface area contributed by atoms with Crippen molar-refractivity contribution in [3.63, 3.8) is 0 Å². The third-order valence-corrected chi connectivity index (χ3v) is 6.38. The van der Waals surface area contributed by atoms with Crippen LogP contribution in [0.1, 0.15) is 50.7 Å². The average Bonchev–Trinajstić information content (AvgIpc) is 2.76. The minimum Gasteiger partial charge on any atom is -0.405 e. The van der Waals surface area contributed by atoms with E-state index in [4.69, 9.17) is 0 Å². The van der Waals surface area contributed by atoms with Gasteiger partial charge in [-0.1, -0.05) is 57.0 Å². The van der Waals surface area contributed by atoms with Gasteiger partial charge in [0, 0.05) is 22.5 Å². The van der Waals surface area contributed by atoms with Crippen LogP contribution in [0.4, 0.5) is 11.4 Å². The smallest absolute Gasteiger partial charge is 0.405 e. The molecule has 0 aromatic heterocycles. The number of hydrogen-bond donors (Lipinski definition) is 2. The predicted octanol–water partition coefficient (Wildman–Crippen LogP) is 6.25. The first-order valence-corrected chi connectivity index (χ1v) is 11.2. The Hall–Kier alpha value is -2.68. The van der Waals surface area contributed by atoms with E-state index in [1.165, 1.54) is 75.9 Å². The third-order valence-electron chi connectivity index (χ3n) is 6.38. The van der Waals surface area contributed by atoms with Crippen molar-refractivity contribution in [2.75, 3.05) is 10.5 Å². The Morgan fingerprint density at radius 1 is 0.655 bits per heavy atom. The van der Waals surface area contributed by atoms with Gasteiger partial charge in [0.2, 0.25) is 0 Å². The standard InChI is InChI=1S/C26H29BN2/c1-3-5-8-18-12-14-24-22(16-18)20-10-7-11-21-23-17-19(9-6-4-2)13-15-25(23)29-27(28-24)26(20)21/h7,10-17,28-29H,3-6,8-9H2,1-2H3. The highest BCUT2D eigenvalue weighted by Gasteiger charge is 2.35. The second-order valence-corrected chi connectivity index (χ2v) is 8.46. The van der Waals surface area contributed by atoms with Gasteiger partial charge in [0.25, 0.3) is 0 Å². The van der Waals surface area contributed by atoms with Crippen LogP contribution < -0.4 is 15.9 Å². The summed E-state index contributed by atoms with van der Waals surface area (Å²) in [5.41, 5.74) is 12.2. The fourth-order valence-electron chi connectivity index (χ4n) is 4.79. The highest BCUT2D eigenvalue weighted by molar-refractivity contribution is 6.83. The summed E-state index contributed by atoms with van der Waals surface area (Å²) in [7, 11) is 0. The van der Waals surface area contributed by atoms with Crippen LogP contribution in [-0.2, 0) is 12.8 Å². The number of fused-ring (bicyclic) bond motifs is 4. The van der Waals surface area contributed by atoms with E-state index in [1.807, 2.05) is 0 Å². The van der Waals surface area contributed by atoms with E-state index in [9.17, 15) is 0 Å². The molecule has 3 heteroatoms. The molecule has 3 aromatic rings. The predicted molar refractivity (Wildman–Crippen MR) is 127 cm³/mol. The first-order chi connectivity index (χ1) is 14.3. The molecule has 0 aliphatic carbocycles. The molecule has 0 atom stereocenters. The number of unbranched alkanes of at least 4 members (excludes halogenated alkanes) is 2. The van der Waals surface area contributed by atoms with Gasteiger partial charge in [0.05, 0.1) is 0 Å². The van der Waals surface area contributed by atoms with Crippen molar-refractivity contribution >= 4 is 23.8 Å². The summed E-state index contributed by atoms with van der Waals surface area (Å²) in [5, 5.41) is 7.51. The van der Waals surface area contributed by atoms with E-state index in [0.717, 1.165) is 12.8 Å². The Kier molecular flexibility index (Phi) is 4.83. The zero-order valence-corrected chi connectivity index (χ0v) is 17.5. The van der Waals surface area contributed by atoms with Crippen molar-refractivity contribution in [1.82, 2.24) is 0 Å². The summed E-state index contributed by atoms with van der Waals surface area (Å²) in [6.07, 6.45) is 7.28. The quantitative estimate of drug-likeness (QED) is 0.494. The Balaban J connectivity index is 1.61. The van der Waals surface area contributed by atoms with Gasteiger partial charge in [-0.05, 0) is 77.7 Å². The van der Waals surface area contributed by atoms with Crippen molar-refractivity contribution in [1.29, 1.82) is 0 Å². The Labute approximate surface area is 174 Å². The third kappa shape index (κ3) is 3.23. The molecule has 0 saturated heterocycles. The number of benzene rings is 3. The molecule has 2 aliphatic rings. The van der Waals surface area contributed by atoms with Crippen molar-refractivity contribution in [2.24, 2.45) is 0 Å². The largest absolute Gasteiger partial charge is 0.407 e. The van der Waals surface area contributed by atoms with Gasteiger partial charge < -0.3 is 10.5 Å². The molecule has 29 heavy (non-hydrogen) atoms. The molecule has 3 aromatic carbocycles. The lowest BCUT2D eigenvalue weighted by atomic mass is 9.57. The monoisotopic (exact) mass is 380 g/mol. The van der Waals surface area contributed by atoms with Crippen molar-refractivity contribution < 1.29 is 0 Å². The summed E-state index contributed by atoms with van der Waals surface area (Å²) in [4.78, 5) is 0. The number of anilines is 2. The molecule has 146 valence electrons.